The standard InChI is InChI=1S/C11H11N3O2S/c1-14-4-2-3-9(11(14)16)10(15)12-5-8-6-17-7-13-8/h2-4,6-7H,5H2,1H3,(H,12,15). The molecule has 0 saturated carbocycles. The number of carbonyl (C=O) groups excluding carboxylic acids is 1. The molecular formula is C11H11N3O2S. The molecule has 5 nitrogen and oxygen atoms in total. The van der Waals surface area contributed by atoms with Crippen LogP contribution in [0.2, 0.25) is 0 Å². The minimum atomic E-state index is -0.376. The van der Waals surface area contributed by atoms with Gasteiger partial charge in [0.25, 0.3) is 11.5 Å². The van der Waals surface area contributed by atoms with E-state index in [1.54, 1.807) is 24.8 Å². The first-order chi connectivity index (χ1) is 8.18. The van der Waals surface area contributed by atoms with Gasteiger partial charge in [-0.3, -0.25) is 9.59 Å². The summed E-state index contributed by atoms with van der Waals surface area (Å²) in [6.07, 6.45) is 1.61. The maximum Gasteiger partial charge on any atom is 0.263 e. The number of nitrogens with one attached hydrogen (secondary N) is 1. The van der Waals surface area contributed by atoms with Crippen LogP contribution in [0.5, 0.6) is 0 Å². The van der Waals surface area contributed by atoms with Crippen molar-refractivity contribution in [1.82, 2.24) is 14.9 Å². The average molecular weight is 249 g/mol. The van der Waals surface area contributed by atoms with Gasteiger partial charge in [-0.05, 0) is 12.1 Å². The SMILES string of the molecule is Cn1cccc(C(=O)NCc2cscn2)c1=O. The van der Waals surface area contributed by atoms with Gasteiger partial charge < -0.3 is 9.88 Å². The first-order valence-corrected chi connectivity index (χ1v) is 5.93. The van der Waals surface area contributed by atoms with E-state index in [1.165, 1.54) is 22.0 Å². The summed E-state index contributed by atoms with van der Waals surface area (Å²) in [5, 5.41) is 4.51. The molecular weight excluding hydrogens is 238 g/mol. The monoisotopic (exact) mass is 249 g/mol. The lowest BCUT2D eigenvalue weighted by Gasteiger charge is -2.04. The van der Waals surface area contributed by atoms with Gasteiger partial charge in [0.2, 0.25) is 0 Å². The number of aryl methyl sites for hydroxylation is 1. The molecule has 6 heteroatoms. The van der Waals surface area contributed by atoms with Gasteiger partial charge in [0.15, 0.2) is 0 Å². The summed E-state index contributed by atoms with van der Waals surface area (Å²) in [5.74, 6) is -0.376. The molecule has 1 N–H and O–H groups in total. The third kappa shape index (κ3) is 2.59. The maximum absolute atomic E-state index is 11.8. The second-order valence-electron chi connectivity index (χ2n) is 3.50. The van der Waals surface area contributed by atoms with E-state index < -0.39 is 0 Å². The molecule has 0 aliphatic heterocycles. The Kier molecular flexibility index (Phi) is 3.34. The van der Waals surface area contributed by atoms with Crippen molar-refractivity contribution >= 4 is 17.2 Å². The summed E-state index contributed by atoms with van der Waals surface area (Å²) in [7, 11) is 1.61. The quantitative estimate of drug-likeness (QED) is 0.874. The second kappa shape index (κ2) is 4.92. The van der Waals surface area contributed by atoms with Crippen molar-refractivity contribution in [3.05, 3.63) is 50.8 Å². The Morgan fingerprint density at radius 3 is 3.12 bits per heavy atom. The van der Waals surface area contributed by atoms with Crippen molar-refractivity contribution < 1.29 is 4.79 Å². The van der Waals surface area contributed by atoms with Crippen LogP contribution in [-0.2, 0) is 13.6 Å². The molecule has 0 aromatic carbocycles. The molecule has 88 valence electrons. The highest BCUT2D eigenvalue weighted by molar-refractivity contribution is 7.07. The summed E-state index contributed by atoms with van der Waals surface area (Å²) in [6.45, 7) is 0.334. The fraction of sp³-hybridized carbons (Fsp3) is 0.182. The van der Waals surface area contributed by atoms with E-state index in [9.17, 15) is 9.59 Å². The van der Waals surface area contributed by atoms with E-state index >= 15 is 0 Å². The topological polar surface area (TPSA) is 64.0 Å². The summed E-state index contributed by atoms with van der Waals surface area (Å²) < 4.78 is 1.37. The van der Waals surface area contributed by atoms with E-state index in [0.717, 1.165) is 5.69 Å². The highest BCUT2D eigenvalue weighted by Gasteiger charge is 2.10. The van der Waals surface area contributed by atoms with Gasteiger partial charge in [-0.1, -0.05) is 0 Å². The van der Waals surface area contributed by atoms with Crippen LogP contribution in [-0.4, -0.2) is 15.5 Å². The smallest absolute Gasteiger partial charge is 0.263 e. The normalized spacial score (nSPS) is 10.2. The fourth-order valence-corrected chi connectivity index (χ4v) is 1.92. The summed E-state index contributed by atoms with van der Waals surface area (Å²) >= 11 is 1.46. The molecule has 0 saturated heterocycles. The minimum absolute atomic E-state index is 0.144. The molecule has 17 heavy (non-hydrogen) atoms. The van der Waals surface area contributed by atoms with E-state index in [4.69, 9.17) is 0 Å². The van der Waals surface area contributed by atoms with Gasteiger partial charge in [0.05, 0.1) is 17.7 Å². The molecule has 0 aliphatic carbocycles. The summed E-state index contributed by atoms with van der Waals surface area (Å²) in [6, 6.07) is 3.18. The maximum atomic E-state index is 11.8. The van der Waals surface area contributed by atoms with Gasteiger partial charge in [0, 0.05) is 18.6 Å². The van der Waals surface area contributed by atoms with Crippen molar-refractivity contribution in [3.63, 3.8) is 0 Å². The summed E-state index contributed by atoms with van der Waals surface area (Å²) in [5.41, 5.74) is 2.33. The molecule has 0 aliphatic rings. The van der Waals surface area contributed by atoms with E-state index in [1.807, 2.05) is 5.38 Å². The van der Waals surface area contributed by atoms with Crippen LogP contribution in [0.1, 0.15) is 16.1 Å². The third-order valence-electron chi connectivity index (χ3n) is 2.28. The molecule has 2 rings (SSSR count). The van der Waals surface area contributed by atoms with Crippen LogP contribution >= 0.6 is 11.3 Å². The Balaban J connectivity index is 2.10. The lowest BCUT2D eigenvalue weighted by Crippen LogP contribution is -2.31. The minimum Gasteiger partial charge on any atom is -0.346 e. The van der Waals surface area contributed by atoms with Crippen LogP contribution < -0.4 is 10.9 Å². The number of hydrogen-bond donors (Lipinski definition) is 1. The van der Waals surface area contributed by atoms with E-state index in [0.29, 0.717) is 6.54 Å². The van der Waals surface area contributed by atoms with Gasteiger partial charge >= 0.3 is 0 Å². The van der Waals surface area contributed by atoms with E-state index in [2.05, 4.69) is 10.3 Å². The largest absolute Gasteiger partial charge is 0.346 e. The zero-order valence-corrected chi connectivity index (χ0v) is 10.0. The predicted molar refractivity (Wildman–Crippen MR) is 65.0 cm³/mol. The lowest BCUT2D eigenvalue weighted by molar-refractivity contribution is 0.0948. The molecule has 0 fully saturated rings. The first-order valence-electron chi connectivity index (χ1n) is 4.99. The number of nitrogens with zero attached hydrogens (tertiary/aromatic N) is 2. The Morgan fingerprint density at radius 1 is 1.59 bits per heavy atom. The Bertz CT molecular complexity index is 575. The molecule has 2 aromatic heterocycles. The van der Waals surface area contributed by atoms with Gasteiger partial charge in [-0.25, -0.2) is 4.98 Å². The van der Waals surface area contributed by atoms with Crippen molar-refractivity contribution in [1.29, 1.82) is 0 Å². The van der Waals surface area contributed by atoms with Gasteiger partial charge in [-0.2, -0.15) is 0 Å². The Morgan fingerprint density at radius 2 is 2.41 bits per heavy atom. The van der Waals surface area contributed by atoms with Crippen LogP contribution in [0.3, 0.4) is 0 Å². The van der Waals surface area contributed by atoms with Crippen LogP contribution in [0.15, 0.2) is 34.0 Å². The first kappa shape index (κ1) is 11.5. The van der Waals surface area contributed by atoms with Crippen molar-refractivity contribution in [2.45, 2.75) is 6.54 Å². The molecule has 2 aromatic rings. The number of hydrogen-bond acceptors (Lipinski definition) is 4. The average Bonchev–Trinajstić information content (AvgIpc) is 2.82. The third-order valence-corrected chi connectivity index (χ3v) is 2.92. The van der Waals surface area contributed by atoms with E-state index in [-0.39, 0.29) is 17.0 Å². The molecule has 0 atom stereocenters. The highest BCUT2D eigenvalue weighted by atomic mass is 32.1. The zero-order chi connectivity index (χ0) is 12.3. The van der Waals surface area contributed by atoms with Crippen LogP contribution in [0.25, 0.3) is 0 Å². The number of amides is 1. The Labute approximate surface area is 102 Å². The van der Waals surface area contributed by atoms with Crippen molar-refractivity contribution in [2.75, 3.05) is 0 Å². The van der Waals surface area contributed by atoms with Crippen molar-refractivity contribution in [2.24, 2.45) is 7.05 Å². The number of carbonyl (C=O) groups is 1. The molecule has 1 amide bonds. The molecule has 0 bridgehead atoms. The lowest BCUT2D eigenvalue weighted by atomic mass is 10.2. The highest BCUT2D eigenvalue weighted by Crippen LogP contribution is 2.00. The predicted octanol–water partition coefficient (Wildman–Crippen LogP) is 0.772. The number of aromatic nitrogens is 2. The van der Waals surface area contributed by atoms with Crippen molar-refractivity contribution in [3.8, 4) is 0 Å². The van der Waals surface area contributed by atoms with Crippen LogP contribution in [0, 0.1) is 0 Å². The molecule has 0 radical (unpaired) electrons. The number of pyridine rings is 1. The van der Waals surface area contributed by atoms with Crippen LogP contribution in [0.4, 0.5) is 0 Å². The zero-order valence-electron chi connectivity index (χ0n) is 9.21. The number of thiazole rings is 1. The molecule has 0 unspecified atom stereocenters. The molecule has 0 spiro atoms. The molecule has 2 heterocycles. The number of rotatable bonds is 3. The Hall–Kier alpha value is -1.95. The fourth-order valence-electron chi connectivity index (χ4n) is 1.36. The summed E-state index contributed by atoms with van der Waals surface area (Å²) in [4.78, 5) is 27.5. The van der Waals surface area contributed by atoms with Gasteiger partial charge in [0.1, 0.15) is 5.56 Å². The second-order valence-corrected chi connectivity index (χ2v) is 4.22. The van der Waals surface area contributed by atoms with Gasteiger partial charge in [-0.15, -0.1) is 11.3 Å².